The lowest BCUT2D eigenvalue weighted by molar-refractivity contribution is 0.135. The molecular weight excluding hydrogens is 226 g/mol. The fourth-order valence-electron chi connectivity index (χ4n) is 2.45. The lowest BCUT2D eigenvalue weighted by atomic mass is 9.89. The van der Waals surface area contributed by atoms with Gasteiger partial charge in [-0.05, 0) is 50.7 Å². The zero-order chi connectivity index (χ0) is 13.0. The Balaban J connectivity index is 2.09. The number of oxime groups is 1. The molecule has 3 heteroatoms. The number of hydrogen-bond acceptors (Lipinski definition) is 3. The average molecular weight is 247 g/mol. The molecular formula is C15H21NO2. The van der Waals surface area contributed by atoms with Crippen LogP contribution in [0.15, 0.2) is 29.4 Å². The van der Waals surface area contributed by atoms with Crippen molar-refractivity contribution in [1.29, 1.82) is 0 Å². The molecule has 1 aliphatic rings. The monoisotopic (exact) mass is 247 g/mol. The maximum Gasteiger partial charge on any atom is 0.128 e. The number of benzene rings is 1. The zero-order valence-corrected chi connectivity index (χ0v) is 11.1. The lowest BCUT2D eigenvalue weighted by Gasteiger charge is -2.27. The Bertz CT molecular complexity index is 420. The predicted octanol–water partition coefficient (Wildman–Crippen LogP) is 3.84. The molecule has 0 spiro atoms. The van der Waals surface area contributed by atoms with E-state index in [1.165, 1.54) is 12.8 Å². The van der Waals surface area contributed by atoms with Gasteiger partial charge in [-0.2, -0.15) is 0 Å². The molecule has 18 heavy (non-hydrogen) atoms. The van der Waals surface area contributed by atoms with E-state index in [0.29, 0.717) is 11.8 Å². The Morgan fingerprint density at radius 2 is 1.89 bits per heavy atom. The summed E-state index contributed by atoms with van der Waals surface area (Å²) in [6.45, 7) is 4.08. The summed E-state index contributed by atoms with van der Waals surface area (Å²) >= 11 is 0. The highest BCUT2D eigenvalue weighted by Gasteiger charge is 2.20. The van der Waals surface area contributed by atoms with Crippen LogP contribution < -0.4 is 4.74 Å². The van der Waals surface area contributed by atoms with Crippen LogP contribution in [0.1, 0.15) is 45.1 Å². The smallest absolute Gasteiger partial charge is 0.128 e. The van der Waals surface area contributed by atoms with Gasteiger partial charge in [-0.15, -0.1) is 0 Å². The van der Waals surface area contributed by atoms with Crippen LogP contribution in [0.4, 0.5) is 0 Å². The maximum absolute atomic E-state index is 8.89. The molecule has 0 aliphatic heterocycles. The van der Waals surface area contributed by atoms with Gasteiger partial charge in [0.15, 0.2) is 0 Å². The molecule has 0 aromatic heterocycles. The van der Waals surface area contributed by atoms with Gasteiger partial charge in [0.05, 0.1) is 11.8 Å². The summed E-state index contributed by atoms with van der Waals surface area (Å²) in [5.74, 6) is 1.65. The highest BCUT2D eigenvalue weighted by atomic mass is 16.5. The minimum absolute atomic E-state index is 0.300. The van der Waals surface area contributed by atoms with Crippen molar-refractivity contribution in [2.45, 2.75) is 45.6 Å². The third-order valence-corrected chi connectivity index (χ3v) is 3.68. The molecule has 3 nitrogen and oxygen atoms in total. The average Bonchev–Trinajstić information content (AvgIpc) is 2.41. The first-order valence-corrected chi connectivity index (χ1v) is 6.65. The second-order valence-corrected chi connectivity index (χ2v) is 5.18. The van der Waals surface area contributed by atoms with Crippen LogP contribution in [-0.4, -0.2) is 17.0 Å². The van der Waals surface area contributed by atoms with Crippen molar-refractivity contribution in [2.75, 3.05) is 0 Å². The van der Waals surface area contributed by atoms with E-state index in [1.807, 2.05) is 24.3 Å². The Labute approximate surface area is 108 Å². The molecule has 0 atom stereocenters. The van der Waals surface area contributed by atoms with Gasteiger partial charge in [0.25, 0.3) is 0 Å². The molecule has 2 rings (SSSR count). The van der Waals surface area contributed by atoms with Crippen molar-refractivity contribution < 1.29 is 9.94 Å². The number of ether oxygens (including phenoxy) is 1. The largest absolute Gasteiger partial charge is 0.490 e. The molecule has 1 N–H and O–H groups in total. The third-order valence-electron chi connectivity index (χ3n) is 3.68. The van der Waals surface area contributed by atoms with E-state index in [2.05, 4.69) is 12.1 Å². The van der Waals surface area contributed by atoms with Gasteiger partial charge in [-0.1, -0.05) is 24.2 Å². The van der Waals surface area contributed by atoms with Gasteiger partial charge < -0.3 is 9.94 Å². The van der Waals surface area contributed by atoms with E-state index >= 15 is 0 Å². The van der Waals surface area contributed by atoms with Crippen LogP contribution in [0.25, 0.3) is 0 Å². The van der Waals surface area contributed by atoms with Gasteiger partial charge in [-0.25, -0.2) is 0 Å². The van der Waals surface area contributed by atoms with Crippen molar-refractivity contribution in [3.8, 4) is 5.75 Å². The van der Waals surface area contributed by atoms with Gasteiger partial charge in [0, 0.05) is 5.56 Å². The summed E-state index contributed by atoms with van der Waals surface area (Å²) in [4.78, 5) is 0. The zero-order valence-electron chi connectivity index (χ0n) is 11.1. The minimum atomic E-state index is 0.300. The summed E-state index contributed by atoms with van der Waals surface area (Å²) in [5, 5.41) is 12.1. The molecule has 1 saturated carbocycles. The third kappa shape index (κ3) is 3.03. The molecule has 0 radical (unpaired) electrons. The number of rotatable bonds is 3. The van der Waals surface area contributed by atoms with Crippen molar-refractivity contribution >= 4 is 5.71 Å². The topological polar surface area (TPSA) is 41.8 Å². The summed E-state index contributed by atoms with van der Waals surface area (Å²) < 4.78 is 6.07. The maximum atomic E-state index is 8.89. The molecule has 1 aromatic rings. The van der Waals surface area contributed by atoms with E-state index < -0.39 is 0 Å². The fraction of sp³-hybridized carbons (Fsp3) is 0.533. The van der Waals surface area contributed by atoms with Crippen LogP contribution in [0.2, 0.25) is 0 Å². The molecule has 0 saturated heterocycles. The van der Waals surface area contributed by atoms with Gasteiger partial charge in [0.1, 0.15) is 5.75 Å². The number of para-hydroxylation sites is 1. The summed E-state index contributed by atoms with van der Waals surface area (Å²) in [7, 11) is 0. The van der Waals surface area contributed by atoms with E-state index in [-0.39, 0.29) is 0 Å². The van der Waals surface area contributed by atoms with Gasteiger partial charge in [-0.3, -0.25) is 0 Å². The Morgan fingerprint density at radius 3 is 2.56 bits per heavy atom. The summed E-state index contributed by atoms with van der Waals surface area (Å²) in [6.07, 6.45) is 5.00. The van der Waals surface area contributed by atoms with Crippen LogP contribution in [0.5, 0.6) is 5.75 Å². The minimum Gasteiger partial charge on any atom is -0.490 e. The Kier molecular flexibility index (Phi) is 4.24. The van der Waals surface area contributed by atoms with Crippen LogP contribution in [0.3, 0.4) is 0 Å². The standard InChI is InChI=1S/C15H21NO2/c1-11-7-9-13(10-8-11)18-15-6-4-3-5-14(15)12(2)16-17/h3-6,11,13,17H,7-10H2,1-2H3. The highest BCUT2D eigenvalue weighted by Crippen LogP contribution is 2.28. The molecule has 0 amide bonds. The van der Waals surface area contributed by atoms with Crippen molar-refractivity contribution in [3.63, 3.8) is 0 Å². The van der Waals surface area contributed by atoms with E-state index in [4.69, 9.17) is 9.94 Å². The van der Waals surface area contributed by atoms with Crippen LogP contribution in [-0.2, 0) is 0 Å². The lowest BCUT2D eigenvalue weighted by Crippen LogP contribution is -2.23. The first-order chi connectivity index (χ1) is 8.70. The second-order valence-electron chi connectivity index (χ2n) is 5.18. The molecule has 0 unspecified atom stereocenters. The highest BCUT2D eigenvalue weighted by molar-refractivity contribution is 6.00. The van der Waals surface area contributed by atoms with E-state index in [0.717, 1.165) is 30.1 Å². The quantitative estimate of drug-likeness (QED) is 0.501. The van der Waals surface area contributed by atoms with Crippen LogP contribution in [0, 0.1) is 5.92 Å². The summed E-state index contributed by atoms with van der Waals surface area (Å²) in [6, 6.07) is 7.76. The Morgan fingerprint density at radius 1 is 1.22 bits per heavy atom. The van der Waals surface area contributed by atoms with E-state index in [9.17, 15) is 0 Å². The first-order valence-electron chi connectivity index (χ1n) is 6.65. The van der Waals surface area contributed by atoms with E-state index in [1.54, 1.807) is 6.92 Å². The SMILES string of the molecule is CC(=NO)c1ccccc1OC1CCC(C)CC1. The fourth-order valence-corrected chi connectivity index (χ4v) is 2.45. The first kappa shape index (κ1) is 12.9. The van der Waals surface area contributed by atoms with Crippen molar-refractivity contribution in [2.24, 2.45) is 11.1 Å². The molecule has 1 aliphatic carbocycles. The normalized spacial score (nSPS) is 24.9. The van der Waals surface area contributed by atoms with Gasteiger partial charge in [0.2, 0.25) is 0 Å². The molecule has 1 aromatic carbocycles. The second kappa shape index (κ2) is 5.89. The van der Waals surface area contributed by atoms with Crippen molar-refractivity contribution in [1.82, 2.24) is 0 Å². The Hall–Kier alpha value is -1.51. The number of nitrogens with zero attached hydrogens (tertiary/aromatic N) is 1. The molecule has 98 valence electrons. The van der Waals surface area contributed by atoms with Gasteiger partial charge >= 0.3 is 0 Å². The molecule has 0 heterocycles. The number of hydrogen-bond donors (Lipinski definition) is 1. The molecule has 0 bridgehead atoms. The predicted molar refractivity (Wildman–Crippen MR) is 72.5 cm³/mol. The van der Waals surface area contributed by atoms with Crippen LogP contribution >= 0.6 is 0 Å². The van der Waals surface area contributed by atoms with Crippen molar-refractivity contribution in [3.05, 3.63) is 29.8 Å². The summed E-state index contributed by atoms with van der Waals surface area (Å²) in [5.41, 5.74) is 1.47. The molecule has 1 fully saturated rings.